The van der Waals surface area contributed by atoms with Crippen LogP contribution >= 0.6 is 0 Å². The first kappa shape index (κ1) is 42.9. The fraction of sp³-hybridized carbons (Fsp3) is 0.547. The van der Waals surface area contributed by atoms with Crippen molar-refractivity contribution in [3.63, 3.8) is 0 Å². The average molecular weight is 753 g/mol. The minimum atomic E-state index is -0.00219. The zero-order valence-corrected chi connectivity index (χ0v) is 34.4. The summed E-state index contributed by atoms with van der Waals surface area (Å²) in [6.45, 7) is 2.19. The van der Waals surface area contributed by atoms with E-state index in [0.717, 1.165) is 94.9 Å². The van der Waals surface area contributed by atoms with Crippen LogP contribution in [0.1, 0.15) is 199 Å². The predicted octanol–water partition coefficient (Wildman–Crippen LogP) is 14.1. The lowest BCUT2D eigenvalue weighted by molar-refractivity contribution is 0.290. The third-order valence-electron chi connectivity index (χ3n) is 11.8. The standard InChI is InChI=1S/C53H68O3/c1-4-7-10-13-16-19-22-25-28-40-54-46-37-31-34-43-49-44-35-32-38-47(55-41-29-26-23-20-17-14-11-8-5-2)51(44)53(50(43)46)52-45(49)36-33-39-48(52)56-42-30-27-24-21-18-15-12-9-6-3/h1-3,31-39,49,53H,7-30,40-42H2. The summed E-state index contributed by atoms with van der Waals surface area (Å²) in [6.07, 6.45) is 44.2. The van der Waals surface area contributed by atoms with Crippen LogP contribution in [0, 0.1) is 37.0 Å². The minimum absolute atomic E-state index is 0.00219. The molecule has 0 amide bonds. The molecule has 56 heavy (non-hydrogen) atoms. The first-order chi connectivity index (χ1) is 27.8. The molecule has 0 radical (unpaired) electrons. The average Bonchev–Trinajstić information content (AvgIpc) is 3.22. The minimum Gasteiger partial charge on any atom is -0.493 e. The van der Waals surface area contributed by atoms with E-state index in [1.807, 2.05) is 0 Å². The van der Waals surface area contributed by atoms with Crippen molar-refractivity contribution in [2.75, 3.05) is 19.8 Å². The number of ether oxygens (including phenoxy) is 3. The summed E-state index contributed by atoms with van der Waals surface area (Å²) in [5, 5.41) is 0. The van der Waals surface area contributed by atoms with Crippen LogP contribution in [0.4, 0.5) is 0 Å². The van der Waals surface area contributed by atoms with E-state index in [-0.39, 0.29) is 11.8 Å². The Morgan fingerprint density at radius 3 is 0.893 bits per heavy atom. The zero-order valence-electron chi connectivity index (χ0n) is 34.4. The van der Waals surface area contributed by atoms with Crippen LogP contribution in [0.25, 0.3) is 0 Å². The van der Waals surface area contributed by atoms with Crippen molar-refractivity contribution in [2.24, 2.45) is 0 Å². The maximum absolute atomic E-state index is 6.74. The van der Waals surface area contributed by atoms with E-state index < -0.39 is 0 Å². The molecule has 3 heteroatoms. The third-order valence-corrected chi connectivity index (χ3v) is 11.8. The second kappa shape index (κ2) is 25.1. The van der Waals surface area contributed by atoms with Crippen molar-refractivity contribution in [3.8, 4) is 54.3 Å². The highest BCUT2D eigenvalue weighted by molar-refractivity contribution is 5.74. The van der Waals surface area contributed by atoms with Gasteiger partial charge in [-0.2, -0.15) is 0 Å². The lowest BCUT2D eigenvalue weighted by Crippen LogP contribution is -2.29. The maximum atomic E-state index is 6.74. The second-order valence-corrected chi connectivity index (χ2v) is 16.0. The molecule has 3 aromatic carbocycles. The number of hydrogen-bond acceptors (Lipinski definition) is 3. The first-order valence-corrected chi connectivity index (χ1v) is 22.4. The van der Waals surface area contributed by atoms with E-state index in [1.165, 1.54) is 130 Å². The summed E-state index contributed by atoms with van der Waals surface area (Å²) in [4.78, 5) is 0. The molecule has 0 N–H and O–H groups in total. The summed E-state index contributed by atoms with van der Waals surface area (Å²) in [5.74, 6) is 11.4. The fourth-order valence-electron chi connectivity index (χ4n) is 8.86. The Bertz CT molecular complexity index is 1530. The van der Waals surface area contributed by atoms with Crippen molar-refractivity contribution in [1.82, 2.24) is 0 Å². The Hall–Kier alpha value is -4.26. The Labute approximate surface area is 341 Å². The van der Waals surface area contributed by atoms with Gasteiger partial charge >= 0.3 is 0 Å². The molecule has 0 spiro atoms. The fourth-order valence-corrected chi connectivity index (χ4v) is 8.86. The van der Waals surface area contributed by atoms with E-state index in [4.69, 9.17) is 33.5 Å². The molecule has 0 fully saturated rings. The van der Waals surface area contributed by atoms with Crippen LogP contribution in [0.3, 0.4) is 0 Å². The van der Waals surface area contributed by atoms with E-state index in [0.29, 0.717) is 0 Å². The van der Waals surface area contributed by atoms with Crippen LogP contribution < -0.4 is 14.2 Å². The SMILES string of the molecule is C#CCCCCCCCCCOc1cccc2c1C1c3c(OCCCCCCCCCC#C)cccc3C2c2cccc(OCCCCCCCCCC#C)c21. The van der Waals surface area contributed by atoms with Crippen LogP contribution in [0.15, 0.2) is 54.6 Å². The van der Waals surface area contributed by atoms with Crippen molar-refractivity contribution >= 4 is 0 Å². The van der Waals surface area contributed by atoms with E-state index in [9.17, 15) is 0 Å². The lowest BCUT2D eigenvalue weighted by Gasteiger charge is -2.44. The molecule has 0 saturated heterocycles. The number of benzene rings is 3. The Morgan fingerprint density at radius 2 is 0.607 bits per heavy atom. The van der Waals surface area contributed by atoms with Crippen LogP contribution in [0.5, 0.6) is 17.2 Å². The summed E-state index contributed by atoms with van der Waals surface area (Å²) in [7, 11) is 0. The molecule has 298 valence electrons. The van der Waals surface area contributed by atoms with Crippen molar-refractivity contribution < 1.29 is 14.2 Å². The largest absolute Gasteiger partial charge is 0.493 e. The second-order valence-electron chi connectivity index (χ2n) is 16.0. The summed E-state index contributed by atoms with van der Waals surface area (Å²) >= 11 is 0. The number of hydrogen-bond donors (Lipinski definition) is 0. The van der Waals surface area contributed by atoms with Crippen molar-refractivity contribution in [2.45, 2.75) is 166 Å². The lowest BCUT2D eigenvalue weighted by atomic mass is 9.60. The maximum Gasteiger partial charge on any atom is 0.123 e. The highest BCUT2D eigenvalue weighted by Crippen LogP contribution is 2.61. The van der Waals surface area contributed by atoms with Gasteiger partial charge in [0.25, 0.3) is 0 Å². The topological polar surface area (TPSA) is 27.7 Å². The van der Waals surface area contributed by atoms with Gasteiger partial charge in [-0.1, -0.05) is 133 Å². The van der Waals surface area contributed by atoms with Gasteiger partial charge in [-0.3, -0.25) is 0 Å². The molecule has 0 heterocycles. The van der Waals surface area contributed by atoms with E-state index in [1.54, 1.807) is 0 Å². The molecule has 0 atom stereocenters. The van der Waals surface area contributed by atoms with Crippen LogP contribution in [-0.2, 0) is 0 Å². The van der Waals surface area contributed by atoms with Crippen molar-refractivity contribution in [3.05, 3.63) is 88.0 Å². The molecular weight excluding hydrogens is 685 g/mol. The van der Waals surface area contributed by atoms with Gasteiger partial charge in [0.05, 0.1) is 19.8 Å². The van der Waals surface area contributed by atoms with Gasteiger partial charge in [0.2, 0.25) is 0 Å². The van der Waals surface area contributed by atoms with Crippen LogP contribution in [-0.4, -0.2) is 19.8 Å². The highest BCUT2D eigenvalue weighted by Gasteiger charge is 2.46. The first-order valence-electron chi connectivity index (χ1n) is 22.4. The summed E-state index contributed by atoms with van der Waals surface area (Å²) < 4.78 is 20.2. The van der Waals surface area contributed by atoms with Gasteiger partial charge in [0, 0.05) is 47.8 Å². The van der Waals surface area contributed by atoms with Gasteiger partial charge in [-0.15, -0.1) is 37.0 Å². The molecule has 6 rings (SSSR count). The molecule has 3 aliphatic rings. The monoisotopic (exact) mass is 753 g/mol. The van der Waals surface area contributed by atoms with E-state index >= 15 is 0 Å². The number of terminal acetylenes is 3. The van der Waals surface area contributed by atoms with Gasteiger partial charge in [0.1, 0.15) is 17.2 Å². The molecule has 0 saturated carbocycles. The van der Waals surface area contributed by atoms with E-state index in [2.05, 4.69) is 72.4 Å². The van der Waals surface area contributed by atoms with Crippen molar-refractivity contribution in [1.29, 1.82) is 0 Å². The molecule has 3 aromatic rings. The molecule has 0 aromatic heterocycles. The zero-order chi connectivity index (χ0) is 39.0. The van der Waals surface area contributed by atoms with Gasteiger partial charge in [-0.05, 0) is 73.4 Å². The Morgan fingerprint density at radius 1 is 0.339 bits per heavy atom. The molecular formula is C53H68O3. The molecule has 3 aliphatic carbocycles. The van der Waals surface area contributed by atoms with Crippen LogP contribution in [0.2, 0.25) is 0 Å². The summed E-state index contributed by atoms with van der Waals surface area (Å²) in [6, 6.07) is 20.1. The van der Waals surface area contributed by atoms with Gasteiger partial charge in [0.15, 0.2) is 0 Å². The molecule has 0 unspecified atom stereocenters. The molecule has 3 nitrogen and oxygen atoms in total. The highest BCUT2D eigenvalue weighted by atomic mass is 16.5. The molecule has 0 aliphatic heterocycles. The van der Waals surface area contributed by atoms with Gasteiger partial charge in [-0.25, -0.2) is 0 Å². The van der Waals surface area contributed by atoms with Gasteiger partial charge < -0.3 is 14.2 Å². The smallest absolute Gasteiger partial charge is 0.123 e. The Balaban J connectivity index is 1.28. The quantitative estimate of drug-likeness (QED) is 0.0345. The Kier molecular flexibility index (Phi) is 19.2. The normalized spacial score (nSPS) is 14.5. The third kappa shape index (κ3) is 12.4. The summed E-state index contributed by atoms with van der Waals surface area (Å²) in [5.41, 5.74) is 7.98. The molecule has 2 bridgehead atoms. The number of rotatable bonds is 30. The predicted molar refractivity (Wildman–Crippen MR) is 235 cm³/mol. The number of unbranched alkanes of at least 4 members (excludes halogenated alkanes) is 21.